The van der Waals surface area contributed by atoms with Crippen LogP contribution in [0.1, 0.15) is 39.8 Å². The highest BCUT2D eigenvalue weighted by atomic mass is 32.1. The summed E-state index contributed by atoms with van der Waals surface area (Å²) in [6.45, 7) is 2.23. The summed E-state index contributed by atoms with van der Waals surface area (Å²) in [6, 6.07) is 0. The number of carbonyl (C=O) groups excluding carboxylic acids is 2. The van der Waals surface area contributed by atoms with Gasteiger partial charge >= 0.3 is 0 Å². The Bertz CT molecular complexity index is 477. The van der Waals surface area contributed by atoms with Crippen LogP contribution in [0.5, 0.6) is 0 Å². The quantitative estimate of drug-likeness (QED) is 0.692. The lowest BCUT2D eigenvalue weighted by Gasteiger charge is -2.04. The van der Waals surface area contributed by atoms with Crippen LogP contribution >= 0.6 is 11.3 Å². The van der Waals surface area contributed by atoms with E-state index in [1.807, 2.05) is 0 Å². The molecule has 6 heteroatoms. The van der Waals surface area contributed by atoms with Gasteiger partial charge in [-0.3, -0.25) is 9.59 Å². The van der Waals surface area contributed by atoms with Gasteiger partial charge < -0.3 is 16.8 Å². The molecular weight excluding hydrogens is 238 g/mol. The number of nitrogens with two attached hydrogens (primary N) is 2. The molecule has 0 unspecified atom stereocenters. The molecule has 92 valence electrons. The van der Waals surface area contributed by atoms with Gasteiger partial charge in [-0.15, -0.1) is 11.3 Å². The van der Waals surface area contributed by atoms with Gasteiger partial charge in [0.15, 0.2) is 5.78 Å². The Morgan fingerprint density at radius 3 is 2.59 bits per heavy atom. The molecule has 0 spiro atoms. The number of carbonyl (C=O) groups is 2. The number of rotatable bonds is 5. The van der Waals surface area contributed by atoms with Crippen molar-refractivity contribution < 1.29 is 9.59 Å². The number of anilines is 2. The highest BCUT2D eigenvalue weighted by Gasteiger charge is 2.25. The Balaban J connectivity index is 2.30. The third-order valence-electron chi connectivity index (χ3n) is 2.76. The van der Waals surface area contributed by atoms with E-state index in [9.17, 15) is 9.59 Å². The van der Waals surface area contributed by atoms with E-state index in [-0.39, 0.29) is 17.0 Å². The summed E-state index contributed by atoms with van der Waals surface area (Å²) in [5.41, 5.74) is 11.5. The molecule has 2 rings (SSSR count). The second-order valence-electron chi connectivity index (χ2n) is 4.29. The molecule has 0 saturated heterocycles. The summed E-state index contributed by atoms with van der Waals surface area (Å²) in [5.74, 6) is -0.0705. The Kier molecular flexibility index (Phi) is 3.06. The van der Waals surface area contributed by atoms with E-state index >= 15 is 0 Å². The van der Waals surface area contributed by atoms with Crippen LogP contribution < -0.4 is 16.8 Å². The number of nitrogen functional groups attached to an aromatic ring is 1. The molecule has 5 N–H and O–H groups in total. The van der Waals surface area contributed by atoms with Crippen molar-refractivity contribution >= 4 is 33.7 Å². The highest BCUT2D eigenvalue weighted by molar-refractivity contribution is 7.19. The lowest BCUT2D eigenvalue weighted by molar-refractivity contribution is 0.100. The fourth-order valence-electron chi connectivity index (χ4n) is 1.63. The largest absolute Gasteiger partial charge is 0.397 e. The van der Waals surface area contributed by atoms with Gasteiger partial charge in [-0.1, -0.05) is 0 Å². The average Bonchev–Trinajstić information content (AvgIpc) is 2.98. The van der Waals surface area contributed by atoms with Gasteiger partial charge in [0.25, 0.3) is 5.91 Å². The van der Waals surface area contributed by atoms with Crippen LogP contribution in [0.2, 0.25) is 0 Å². The van der Waals surface area contributed by atoms with Crippen molar-refractivity contribution in [2.45, 2.75) is 19.8 Å². The lowest BCUT2D eigenvalue weighted by Crippen LogP contribution is -2.15. The predicted molar refractivity (Wildman–Crippen MR) is 68.5 cm³/mol. The molecule has 1 aliphatic rings. The maximum Gasteiger partial charge on any atom is 0.253 e. The van der Waals surface area contributed by atoms with Gasteiger partial charge in [-0.05, 0) is 18.8 Å². The first-order valence-corrected chi connectivity index (χ1v) is 6.29. The van der Waals surface area contributed by atoms with Crippen LogP contribution in [0.15, 0.2) is 0 Å². The number of ketones is 1. The molecule has 17 heavy (non-hydrogen) atoms. The van der Waals surface area contributed by atoms with Crippen LogP contribution in [-0.4, -0.2) is 18.2 Å². The van der Waals surface area contributed by atoms with E-state index in [1.165, 1.54) is 31.1 Å². The van der Waals surface area contributed by atoms with E-state index in [1.54, 1.807) is 0 Å². The molecule has 1 aliphatic carbocycles. The Morgan fingerprint density at radius 2 is 2.12 bits per heavy atom. The van der Waals surface area contributed by atoms with Crippen LogP contribution in [0.3, 0.4) is 0 Å². The molecule has 1 aromatic heterocycles. The minimum atomic E-state index is -0.593. The molecule has 1 fully saturated rings. The third kappa shape index (κ3) is 2.41. The summed E-state index contributed by atoms with van der Waals surface area (Å²) in [7, 11) is 0. The molecular formula is C11H15N3O2S. The van der Waals surface area contributed by atoms with Gasteiger partial charge in [0, 0.05) is 13.5 Å². The number of Topliss-reactive ketones (excluding diaryl/α,β-unsaturated/α-hetero) is 1. The first-order valence-electron chi connectivity index (χ1n) is 5.47. The van der Waals surface area contributed by atoms with Crippen molar-refractivity contribution in [2.24, 2.45) is 11.7 Å². The van der Waals surface area contributed by atoms with Gasteiger partial charge in [-0.25, -0.2) is 0 Å². The van der Waals surface area contributed by atoms with E-state index in [2.05, 4.69) is 5.32 Å². The molecule has 5 nitrogen and oxygen atoms in total. The minimum absolute atomic E-state index is 0.144. The standard InChI is InChI=1S/C11H15N3O2S/c1-5(15)9-8(12)7(10(13)16)11(17-9)14-4-6-2-3-6/h6,14H,2-4,12H2,1H3,(H2,13,16). The summed E-state index contributed by atoms with van der Waals surface area (Å²) >= 11 is 1.21. The maximum absolute atomic E-state index is 11.4. The van der Waals surface area contributed by atoms with E-state index in [0.717, 1.165) is 6.54 Å². The first-order chi connectivity index (χ1) is 8.00. The van der Waals surface area contributed by atoms with Crippen LogP contribution in [-0.2, 0) is 0 Å². The van der Waals surface area contributed by atoms with Crippen molar-refractivity contribution in [3.63, 3.8) is 0 Å². The number of amides is 1. The van der Waals surface area contributed by atoms with Crippen molar-refractivity contribution in [3.05, 3.63) is 10.4 Å². The molecule has 0 atom stereocenters. The average molecular weight is 253 g/mol. The van der Waals surface area contributed by atoms with E-state index in [4.69, 9.17) is 11.5 Å². The lowest BCUT2D eigenvalue weighted by atomic mass is 10.2. The van der Waals surface area contributed by atoms with Crippen molar-refractivity contribution in [3.8, 4) is 0 Å². The number of primary amides is 1. The zero-order valence-corrected chi connectivity index (χ0v) is 10.4. The molecule has 1 amide bonds. The maximum atomic E-state index is 11.4. The third-order valence-corrected chi connectivity index (χ3v) is 4.02. The number of hydrogen-bond donors (Lipinski definition) is 3. The van der Waals surface area contributed by atoms with Crippen LogP contribution in [0, 0.1) is 5.92 Å². The SMILES string of the molecule is CC(=O)c1sc(NCC2CC2)c(C(N)=O)c1N. The van der Waals surface area contributed by atoms with E-state index in [0.29, 0.717) is 15.8 Å². The van der Waals surface area contributed by atoms with Crippen molar-refractivity contribution in [1.29, 1.82) is 0 Å². The zero-order valence-electron chi connectivity index (χ0n) is 9.58. The number of nitrogens with one attached hydrogen (secondary N) is 1. The number of hydrogen-bond acceptors (Lipinski definition) is 5. The second kappa shape index (κ2) is 4.37. The zero-order chi connectivity index (χ0) is 12.6. The van der Waals surface area contributed by atoms with Crippen LogP contribution in [0.4, 0.5) is 10.7 Å². The summed E-state index contributed by atoms with van der Waals surface area (Å²) in [5, 5.41) is 3.78. The van der Waals surface area contributed by atoms with Crippen LogP contribution in [0.25, 0.3) is 0 Å². The summed E-state index contributed by atoms with van der Waals surface area (Å²) in [4.78, 5) is 23.1. The first kappa shape index (κ1) is 11.9. The van der Waals surface area contributed by atoms with Crippen molar-refractivity contribution in [1.82, 2.24) is 0 Å². The molecule has 1 saturated carbocycles. The molecule has 0 radical (unpaired) electrons. The summed E-state index contributed by atoms with van der Waals surface area (Å²) in [6.07, 6.45) is 2.42. The van der Waals surface area contributed by atoms with Gasteiger partial charge in [-0.2, -0.15) is 0 Å². The Hall–Kier alpha value is -1.56. The predicted octanol–water partition coefficient (Wildman–Crippen LogP) is 1.45. The molecule has 0 aromatic carbocycles. The minimum Gasteiger partial charge on any atom is -0.397 e. The molecule has 0 aliphatic heterocycles. The fraction of sp³-hybridized carbons (Fsp3) is 0.455. The monoisotopic (exact) mass is 253 g/mol. The summed E-state index contributed by atoms with van der Waals surface area (Å²) < 4.78 is 0. The molecule has 0 bridgehead atoms. The van der Waals surface area contributed by atoms with Gasteiger partial charge in [0.2, 0.25) is 0 Å². The van der Waals surface area contributed by atoms with Crippen molar-refractivity contribution in [2.75, 3.05) is 17.6 Å². The fourth-order valence-corrected chi connectivity index (χ4v) is 2.66. The number of thiophene rings is 1. The normalized spacial score (nSPS) is 14.6. The highest BCUT2D eigenvalue weighted by Crippen LogP contribution is 2.37. The second-order valence-corrected chi connectivity index (χ2v) is 5.31. The Morgan fingerprint density at radius 1 is 1.47 bits per heavy atom. The van der Waals surface area contributed by atoms with E-state index < -0.39 is 5.91 Å². The topological polar surface area (TPSA) is 98.2 Å². The van der Waals surface area contributed by atoms with Gasteiger partial charge in [0.05, 0.1) is 16.1 Å². The molecule has 1 heterocycles. The smallest absolute Gasteiger partial charge is 0.253 e. The molecule has 1 aromatic rings. The van der Waals surface area contributed by atoms with Gasteiger partial charge in [0.1, 0.15) is 5.00 Å². The Labute approximate surface area is 103 Å².